The molecule has 0 saturated carbocycles. The smallest absolute Gasteiger partial charge is 0.391 e. The molecule has 2 atom stereocenters. The van der Waals surface area contributed by atoms with Crippen LogP contribution < -0.4 is 0 Å². The molecule has 2 unspecified atom stereocenters. The summed E-state index contributed by atoms with van der Waals surface area (Å²) in [7, 11) is 1.94. The third-order valence-corrected chi connectivity index (χ3v) is 5.45. The van der Waals surface area contributed by atoms with Gasteiger partial charge in [-0.2, -0.15) is 13.2 Å². The molecule has 1 aliphatic rings. The van der Waals surface area contributed by atoms with Crippen LogP contribution in [-0.2, 0) is 19.8 Å². The summed E-state index contributed by atoms with van der Waals surface area (Å²) in [6.45, 7) is 1.77. The van der Waals surface area contributed by atoms with Gasteiger partial charge in [0.25, 0.3) is 0 Å². The molecule has 0 spiro atoms. The molecule has 148 valence electrons. The van der Waals surface area contributed by atoms with Crippen molar-refractivity contribution < 1.29 is 18.3 Å². The zero-order valence-electron chi connectivity index (χ0n) is 15.4. The highest BCUT2D eigenvalue weighted by Gasteiger charge is 2.32. The minimum Gasteiger partial charge on any atom is -0.391 e. The van der Waals surface area contributed by atoms with E-state index in [1.54, 1.807) is 6.20 Å². The highest BCUT2D eigenvalue weighted by Crippen LogP contribution is 2.33. The highest BCUT2D eigenvalue weighted by molar-refractivity contribution is 5.71. The van der Waals surface area contributed by atoms with E-state index in [0.717, 1.165) is 35.6 Å². The van der Waals surface area contributed by atoms with E-state index in [1.807, 2.05) is 23.7 Å². The van der Waals surface area contributed by atoms with Gasteiger partial charge in [0, 0.05) is 25.7 Å². The zero-order chi connectivity index (χ0) is 19.9. The fourth-order valence-corrected chi connectivity index (χ4v) is 3.86. The lowest BCUT2D eigenvalue weighted by molar-refractivity contribution is -0.137. The number of rotatable bonds is 3. The van der Waals surface area contributed by atoms with Gasteiger partial charge in [0.05, 0.1) is 23.7 Å². The molecule has 1 fully saturated rings. The lowest BCUT2D eigenvalue weighted by Crippen LogP contribution is -2.42. The molecule has 3 aromatic rings. The third kappa shape index (κ3) is 3.62. The van der Waals surface area contributed by atoms with Crippen LogP contribution in [0.4, 0.5) is 13.2 Å². The van der Waals surface area contributed by atoms with E-state index in [9.17, 15) is 18.3 Å². The Balaban J connectivity index is 1.44. The van der Waals surface area contributed by atoms with Crippen molar-refractivity contribution in [1.82, 2.24) is 19.4 Å². The summed E-state index contributed by atoms with van der Waals surface area (Å²) in [5, 5.41) is 10.6. The van der Waals surface area contributed by atoms with Gasteiger partial charge in [-0.25, -0.2) is 9.97 Å². The second-order valence-electron chi connectivity index (χ2n) is 7.25. The number of pyridine rings is 1. The first-order valence-corrected chi connectivity index (χ1v) is 9.17. The van der Waals surface area contributed by atoms with Gasteiger partial charge in [0.2, 0.25) is 0 Å². The summed E-state index contributed by atoms with van der Waals surface area (Å²) in [5.74, 6) is 0.703. The van der Waals surface area contributed by atoms with E-state index in [2.05, 4.69) is 14.9 Å². The van der Waals surface area contributed by atoms with Crippen molar-refractivity contribution in [2.24, 2.45) is 7.05 Å². The van der Waals surface area contributed by atoms with Crippen LogP contribution in [-0.4, -0.2) is 43.7 Å². The van der Waals surface area contributed by atoms with E-state index >= 15 is 0 Å². The monoisotopic (exact) mass is 390 g/mol. The number of likely N-dealkylation sites (tertiary alicyclic amines) is 1. The summed E-state index contributed by atoms with van der Waals surface area (Å²) in [4.78, 5) is 10.9. The Morgan fingerprint density at radius 1 is 1.18 bits per heavy atom. The number of aliphatic hydroxyl groups is 1. The summed E-state index contributed by atoms with van der Waals surface area (Å²) >= 11 is 0. The van der Waals surface area contributed by atoms with Crippen LogP contribution in [0.2, 0.25) is 0 Å². The average Bonchev–Trinajstić information content (AvgIpc) is 2.97. The number of nitrogens with zero attached hydrogens (tertiary/aromatic N) is 4. The number of hydrogen-bond donors (Lipinski definition) is 1. The SMILES string of the molecule is Cn1c(CN2CCC(c3ccc(C(F)(F)F)cc3)C(O)C2)nc2ncccc21. The molecule has 5 nitrogen and oxygen atoms in total. The molecule has 1 saturated heterocycles. The van der Waals surface area contributed by atoms with Crippen molar-refractivity contribution in [2.75, 3.05) is 13.1 Å². The summed E-state index contributed by atoms with van der Waals surface area (Å²) in [6.07, 6.45) is -2.60. The minimum absolute atomic E-state index is 0.166. The minimum atomic E-state index is -4.35. The van der Waals surface area contributed by atoms with Crippen molar-refractivity contribution in [3.63, 3.8) is 0 Å². The maximum Gasteiger partial charge on any atom is 0.416 e. The second-order valence-corrected chi connectivity index (χ2v) is 7.25. The number of aliphatic hydroxyl groups excluding tert-OH is 1. The van der Waals surface area contributed by atoms with Gasteiger partial charge in [0.15, 0.2) is 5.65 Å². The molecule has 1 aliphatic heterocycles. The maximum absolute atomic E-state index is 12.7. The summed E-state index contributed by atoms with van der Waals surface area (Å²) in [6, 6.07) is 8.95. The van der Waals surface area contributed by atoms with Crippen LogP contribution in [0.5, 0.6) is 0 Å². The van der Waals surface area contributed by atoms with Crippen molar-refractivity contribution in [2.45, 2.75) is 31.2 Å². The average molecular weight is 390 g/mol. The Bertz CT molecular complexity index is 968. The maximum atomic E-state index is 12.7. The van der Waals surface area contributed by atoms with Crippen LogP contribution in [0.1, 0.15) is 29.3 Å². The molecule has 0 aliphatic carbocycles. The van der Waals surface area contributed by atoms with Gasteiger partial charge < -0.3 is 9.67 Å². The van der Waals surface area contributed by atoms with Crippen LogP contribution in [0.3, 0.4) is 0 Å². The van der Waals surface area contributed by atoms with Crippen molar-refractivity contribution in [1.29, 1.82) is 0 Å². The molecule has 4 rings (SSSR count). The van der Waals surface area contributed by atoms with Crippen LogP contribution >= 0.6 is 0 Å². The first-order valence-electron chi connectivity index (χ1n) is 9.17. The first kappa shape index (κ1) is 18.9. The van der Waals surface area contributed by atoms with Gasteiger partial charge in [0.1, 0.15) is 5.82 Å². The number of β-amino-alcohol motifs (C(OH)–C–C–N with tert-alkyl or cyclic N) is 1. The van der Waals surface area contributed by atoms with E-state index in [-0.39, 0.29) is 5.92 Å². The molecule has 0 bridgehead atoms. The molecular formula is C20H21F3N4O. The number of piperidine rings is 1. The number of halogens is 3. The molecule has 8 heteroatoms. The van der Waals surface area contributed by atoms with E-state index < -0.39 is 17.8 Å². The Hall–Kier alpha value is -2.45. The quantitative estimate of drug-likeness (QED) is 0.745. The molecular weight excluding hydrogens is 369 g/mol. The largest absolute Gasteiger partial charge is 0.416 e. The Morgan fingerprint density at radius 2 is 1.93 bits per heavy atom. The number of fused-ring (bicyclic) bond motifs is 1. The van der Waals surface area contributed by atoms with Crippen molar-refractivity contribution >= 4 is 11.2 Å². The predicted molar refractivity (Wildman–Crippen MR) is 98.6 cm³/mol. The zero-order valence-corrected chi connectivity index (χ0v) is 15.4. The fraction of sp³-hybridized carbons (Fsp3) is 0.400. The number of benzene rings is 1. The normalized spacial score (nSPS) is 21.3. The van der Waals surface area contributed by atoms with Gasteiger partial charge in [-0.15, -0.1) is 0 Å². The highest BCUT2D eigenvalue weighted by atomic mass is 19.4. The Labute approximate surface area is 160 Å². The van der Waals surface area contributed by atoms with Gasteiger partial charge >= 0.3 is 6.18 Å². The van der Waals surface area contributed by atoms with Crippen molar-refractivity contribution in [3.8, 4) is 0 Å². The predicted octanol–water partition coefficient (Wildman–Crippen LogP) is 3.34. The lowest BCUT2D eigenvalue weighted by Gasteiger charge is -2.36. The molecule has 0 amide bonds. The van der Waals surface area contributed by atoms with Crippen molar-refractivity contribution in [3.05, 3.63) is 59.5 Å². The molecule has 3 heterocycles. The Kier molecular flexibility index (Phi) is 4.84. The van der Waals surface area contributed by atoms with Crippen LogP contribution in [0.25, 0.3) is 11.2 Å². The number of aryl methyl sites for hydroxylation is 1. The fourth-order valence-electron chi connectivity index (χ4n) is 3.86. The van der Waals surface area contributed by atoms with Gasteiger partial charge in [-0.1, -0.05) is 12.1 Å². The lowest BCUT2D eigenvalue weighted by atomic mass is 9.86. The number of aromatic nitrogens is 3. The molecule has 28 heavy (non-hydrogen) atoms. The van der Waals surface area contributed by atoms with E-state index in [0.29, 0.717) is 25.2 Å². The Morgan fingerprint density at radius 3 is 2.57 bits per heavy atom. The molecule has 2 aromatic heterocycles. The summed E-state index contributed by atoms with van der Waals surface area (Å²) in [5.41, 5.74) is 1.73. The van der Waals surface area contributed by atoms with Gasteiger partial charge in [-0.05, 0) is 42.8 Å². The van der Waals surface area contributed by atoms with E-state index in [1.165, 1.54) is 12.1 Å². The summed E-state index contributed by atoms with van der Waals surface area (Å²) < 4.78 is 40.2. The van der Waals surface area contributed by atoms with Crippen LogP contribution in [0, 0.1) is 0 Å². The van der Waals surface area contributed by atoms with Crippen LogP contribution in [0.15, 0.2) is 42.6 Å². The van der Waals surface area contributed by atoms with Gasteiger partial charge in [-0.3, -0.25) is 4.90 Å². The second kappa shape index (κ2) is 7.18. The molecule has 1 aromatic carbocycles. The van der Waals surface area contributed by atoms with E-state index in [4.69, 9.17) is 0 Å². The third-order valence-electron chi connectivity index (χ3n) is 5.45. The number of imidazole rings is 1. The first-order chi connectivity index (χ1) is 13.3. The number of alkyl halides is 3. The molecule has 1 N–H and O–H groups in total. The number of hydrogen-bond acceptors (Lipinski definition) is 4. The standard InChI is InChI=1S/C20H21F3N4O/c1-26-16-3-2-9-24-19(16)25-18(26)12-27-10-8-15(17(28)11-27)13-4-6-14(7-5-13)20(21,22)23/h2-7,9,15,17,28H,8,10-12H2,1H3. The molecule has 0 radical (unpaired) electrons. The topological polar surface area (TPSA) is 54.2 Å².